The van der Waals surface area contributed by atoms with E-state index in [1.165, 1.54) is 24.3 Å². The number of hydrogen-bond donors (Lipinski definition) is 3. The topological polar surface area (TPSA) is 133 Å². The Morgan fingerprint density at radius 2 is 1.56 bits per heavy atom. The number of carboxylic acid groups (broad SMARTS) is 1. The van der Waals surface area contributed by atoms with Crippen molar-refractivity contribution in [2.75, 3.05) is 24.4 Å². The molecule has 2 aromatic carbocycles. The number of anilines is 1. The van der Waals surface area contributed by atoms with E-state index >= 15 is 0 Å². The summed E-state index contributed by atoms with van der Waals surface area (Å²) in [4.78, 5) is 35.8. The molecule has 0 unspecified atom stereocenters. The van der Waals surface area contributed by atoms with E-state index in [1.54, 1.807) is 29.2 Å². The number of carboxylic acids is 1. The van der Waals surface area contributed by atoms with Gasteiger partial charge in [0.05, 0.1) is 4.90 Å². The van der Waals surface area contributed by atoms with Crippen LogP contribution in [0, 0.1) is 5.92 Å². The van der Waals surface area contributed by atoms with E-state index in [-0.39, 0.29) is 22.6 Å². The van der Waals surface area contributed by atoms with E-state index < -0.39 is 22.2 Å². The number of likely N-dealkylation sites (tertiary alicyclic amines) is 1. The lowest BCUT2D eigenvalue weighted by atomic mass is 9.95. The normalized spacial score (nSPS) is 14.1. The molecule has 0 aliphatic carbocycles. The number of carbonyl (C=O) groups excluding carboxylic acids is 2. The van der Waals surface area contributed by atoms with Crippen LogP contribution in [0.1, 0.15) is 43.0 Å². The lowest BCUT2D eigenvalue weighted by Gasteiger charge is -2.31. The molecule has 2 amide bonds. The van der Waals surface area contributed by atoms with E-state index in [0.717, 1.165) is 12.8 Å². The number of rotatable bonds is 8. The SMILES string of the molecule is CCCCNC(=O)C1CCN(C(=O)c2ccc(NS(=O)(=O)c3ccc(Cl)cc3)cc2)CC1.O=C(O)C(F)(F)F. The number of hydrogen-bond acceptors (Lipinski definition) is 5. The van der Waals surface area contributed by atoms with Crippen LogP contribution in [0.3, 0.4) is 0 Å². The van der Waals surface area contributed by atoms with Crippen molar-refractivity contribution >= 4 is 45.1 Å². The smallest absolute Gasteiger partial charge is 0.475 e. The molecular formula is C25H29ClF3N3O6S. The Kier molecular flexibility index (Phi) is 11.6. The van der Waals surface area contributed by atoms with Gasteiger partial charge in [-0.15, -0.1) is 0 Å². The van der Waals surface area contributed by atoms with Gasteiger partial charge in [0, 0.05) is 41.8 Å². The Bertz CT molecular complexity index is 1230. The summed E-state index contributed by atoms with van der Waals surface area (Å²) in [6.45, 7) is 3.82. The molecule has 9 nitrogen and oxygen atoms in total. The molecule has 0 atom stereocenters. The van der Waals surface area contributed by atoms with Crippen LogP contribution >= 0.6 is 11.6 Å². The molecule has 1 aliphatic heterocycles. The van der Waals surface area contributed by atoms with Crippen LogP contribution in [-0.2, 0) is 19.6 Å². The van der Waals surface area contributed by atoms with Crippen molar-refractivity contribution in [3.8, 4) is 0 Å². The average Bonchev–Trinajstić information content (AvgIpc) is 2.89. The van der Waals surface area contributed by atoms with Gasteiger partial charge in [-0.1, -0.05) is 24.9 Å². The molecular weight excluding hydrogens is 563 g/mol. The number of benzene rings is 2. The lowest BCUT2D eigenvalue weighted by Crippen LogP contribution is -2.43. The molecule has 1 heterocycles. The maximum Gasteiger partial charge on any atom is 0.490 e. The third-order valence-corrected chi connectivity index (χ3v) is 7.38. The summed E-state index contributed by atoms with van der Waals surface area (Å²) >= 11 is 5.81. The molecule has 3 N–H and O–H groups in total. The van der Waals surface area contributed by atoms with Crippen LogP contribution in [0.4, 0.5) is 18.9 Å². The molecule has 14 heteroatoms. The number of aliphatic carboxylic acids is 1. The van der Waals surface area contributed by atoms with Gasteiger partial charge in [-0.3, -0.25) is 14.3 Å². The van der Waals surface area contributed by atoms with Crippen molar-refractivity contribution < 1.29 is 41.1 Å². The van der Waals surface area contributed by atoms with E-state index in [9.17, 15) is 31.2 Å². The van der Waals surface area contributed by atoms with Crippen molar-refractivity contribution in [2.24, 2.45) is 5.92 Å². The molecule has 0 spiro atoms. The van der Waals surface area contributed by atoms with E-state index in [4.69, 9.17) is 21.5 Å². The Morgan fingerprint density at radius 3 is 2.05 bits per heavy atom. The molecule has 3 rings (SSSR count). The van der Waals surface area contributed by atoms with Crippen molar-refractivity contribution in [3.05, 3.63) is 59.1 Å². The number of unbranched alkanes of at least 4 members (excludes halogenated alkanes) is 1. The van der Waals surface area contributed by atoms with Gasteiger partial charge in [-0.05, 0) is 67.8 Å². The quantitative estimate of drug-likeness (QED) is 0.386. The number of halogens is 4. The summed E-state index contributed by atoms with van der Waals surface area (Å²) in [5.41, 5.74) is 0.837. The molecule has 39 heavy (non-hydrogen) atoms. The molecule has 1 saturated heterocycles. The fraction of sp³-hybridized carbons (Fsp3) is 0.400. The number of amides is 2. The third kappa shape index (κ3) is 10.1. The van der Waals surface area contributed by atoms with E-state index in [2.05, 4.69) is 17.0 Å². The first kappa shape index (κ1) is 31.9. The van der Waals surface area contributed by atoms with Gasteiger partial charge >= 0.3 is 12.1 Å². The molecule has 0 saturated carbocycles. The first-order valence-electron chi connectivity index (χ1n) is 12.0. The van der Waals surface area contributed by atoms with Gasteiger partial charge in [-0.25, -0.2) is 13.2 Å². The second kappa shape index (κ2) is 14.2. The number of alkyl halides is 3. The van der Waals surface area contributed by atoms with Gasteiger partial charge in [0.2, 0.25) is 5.91 Å². The highest BCUT2D eigenvalue weighted by Crippen LogP contribution is 2.22. The van der Waals surface area contributed by atoms with Gasteiger partial charge in [0.1, 0.15) is 0 Å². The highest BCUT2D eigenvalue weighted by Gasteiger charge is 2.38. The maximum absolute atomic E-state index is 12.8. The first-order chi connectivity index (χ1) is 18.2. The minimum Gasteiger partial charge on any atom is -0.475 e. The fourth-order valence-corrected chi connectivity index (χ4v) is 4.75. The monoisotopic (exact) mass is 591 g/mol. The highest BCUT2D eigenvalue weighted by atomic mass is 35.5. The number of sulfonamides is 1. The standard InChI is InChI=1S/C23H28ClN3O4S.C2HF3O2/c1-2-3-14-25-22(28)17-12-15-27(16-13-17)23(29)18-4-8-20(9-5-18)26-32(30,31)21-10-6-19(24)7-11-21;3-2(4,5)1(6)7/h4-11,17,26H,2-3,12-16H2,1H3,(H,25,28);(H,6,7). The molecule has 0 aromatic heterocycles. The molecule has 2 aromatic rings. The Labute approximate surface area is 229 Å². The Balaban J connectivity index is 0.000000673. The zero-order valence-electron chi connectivity index (χ0n) is 21.0. The summed E-state index contributed by atoms with van der Waals surface area (Å²) in [6.07, 6.45) is -1.80. The highest BCUT2D eigenvalue weighted by molar-refractivity contribution is 7.92. The van der Waals surface area contributed by atoms with Gasteiger partial charge in [0.15, 0.2) is 0 Å². The predicted octanol–water partition coefficient (Wildman–Crippen LogP) is 4.54. The van der Waals surface area contributed by atoms with Gasteiger partial charge in [0.25, 0.3) is 15.9 Å². The zero-order valence-corrected chi connectivity index (χ0v) is 22.6. The Hall–Kier alpha value is -3.32. The van der Waals surface area contributed by atoms with Gasteiger partial charge < -0.3 is 15.3 Å². The molecule has 1 aliphatic rings. The maximum atomic E-state index is 12.8. The van der Waals surface area contributed by atoms with Crippen molar-refractivity contribution in [3.63, 3.8) is 0 Å². The van der Waals surface area contributed by atoms with Crippen molar-refractivity contribution in [2.45, 2.75) is 43.7 Å². The molecule has 1 fully saturated rings. The molecule has 0 bridgehead atoms. The van der Waals surface area contributed by atoms with Crippen LogP contribution in [0.5, 0.6) is 0 Å². The fourth-order valence-electron chi connectivity index (χ4n) is 3.57. The van der Waals surface area contributed by atoms with Crippen LogP contribution in [0.15, 0.2) is 53.4 Å². The minimum absolute atomic E-state index is 0.0550. The number of piperidine rings is 1. The molecule has 0 radical (unpaired) electrons. The van der Waals surface area contributed by atoms with Crippen molar-refractivity contribution in [1.82, 2.24) is 10.2 Å². The summed E-state index contributed by atoms with van der Waals surface area (Å²) in [6, 6.07) is 12.2. The molecule has 214 valence electrons. The van der Waals surface area contributed by atoms with Gasteiger partial charge in [-0.2, -0.15) is 13.2 Å². The van der Waals surface area contributed by atoms with Crippen molar-refractivity contribution in [1.29, 1.82) is 0 Å². The van der Waals surface area contributed by atoms with E-state index in [0.29, 0.717) is 48.7 Å². The average molecular weight is 592 g/mol. The summed E-state index contributed by atoms with van der Waals surface area (Å²) < 4.78 is 59.2. The summed E-state index contributed by atoms with van der Waals surface area (Å²) in [5, 5.41) is 10.5. The summed E-state index contributed by atoms with van der Waals surface area (Å²) in [5.74, 6) is -2.86. The first-order valence-corrected chi connectivity index (χ1v) is 13.9. The number of nitrogens with one attached hydrogen (secondary N) is 2. The second-order valence-corrected chi connectivity index (χ2v) is 10.8. The van der Waals surface area contributed by atoms with Crippen LogP contribution in [0.2, 0.25) is 5.02 Å². The van der Waals surface area contributed by atoms with Crippen LogP contribution in [0.25, 0.3) is 0 Å². The second-order valence-electron chi connectivity index (χ2n) is 8.65. The van der Waals surface area contributed by atoms with Crippen LogP contribution < -0.4 is 10.0 Å². The zero-order chi connectivity index (χ0) is 29.2. The number of nitrogens with zero attached hydrogens (tertiary/aromatic N) is 1. The third-order valence-electron chi connectivity index (χ3n) is 5.73. The Morgan fingerprint density at radius 1 is 1.03 bits per heavy atom. The lowest BCUT2D eigenvalue weighted by molar-refractivity contribution is -0.192. The predicted molar refractivity (Wildman–Crippen MR) is 139 cm³/mol. The summed E-state index contributed by atoms with van der Waals surface area (Å²) in [7, 11) is -3.75. The van der Waals surface area contributed by atoms with E-state index in [1.807, 2.05) is 0 Å². The van der Waals surface area contributed by atoms with Crippen LogP contribution in [-0.4, -0.2) is 62.0 Å². The minimum atomic E-state index is -5.08. The number of carbonyl (C=O) groups is 3. The largest absolute Gasteiger partial charge is 0.490 e.